The van der Waals surface area contributed by atoms with Gasteiger partial charge in [0.05, 0.1) is 5.56 Å². The summed E-state index contributed by atoms with van der Waals surface area (Å²) < 4.78 is 37.4. The highest BCUT2D eigenvalue weighted by molar-refractivity contribution is 5.89. The first-order valence-corrected chi connectivity index (χ1v) is 7.66. The lowest BCUT2D eigenvalue weighted by atomic mass is 9.95. The van der Waals surface area contributed by atoms with E-state index >= 15 is 0 Å². The van der Waals surface area contributed by atoms with Crippen LogP contribution < -0.4 is 10.6 Å². The minimum Gasteiger partial charge on any atom is -0.354 e. The predicted molar refractivity (Wildman–Crippen MR) is 85.2 cm³/mol. The molecule has 0 saturated heterocycles. The van der Waals surface area contributed by atoms with Crippen LogP contribution in [0.15, 0.2) is 24.3 Å². The summed E-state index contributed by atoms with van der Waals surface area (Å²) in [6, 6.07) is 4.14. The van der Waals surface area contributed by atoms with Gasteiger partial charge in [0.1, 0.15) is 6.04 Å². The fourth-order valence-corrected chi connectivity index (χ4v) is 1.82. The maximum atomic E-state index is 12.5. The Morgan fingerprint density at radius 1 is 1.08 bits per heavy atom. The van der Waals surface area contributed by atoms with Gasteiger partial charge in [0, 0.05) is 12.0 Å². The second-order valence-corrected chi connectivity index (χ2v) is 6.68. The van der Waals surface area contributed by atoms with Crippen molar-refractivity contribution in [3.63, 3.8) is 0 Å². The molecule has 2 amide bonds. The van der Waals surface area contributed by atoms with Crippen molar-refractivity contribution in [3.8, 4) is 0 Å². The summed E-state index contributed by atoms with van der Waals surface area (Å²) in [6.45, 7) is 7.10. The number of rotatable bonds is 5. The fourth-order valence-electron chi connectivity index (χ4n) is 1.82. The third-order valence-electron chi connectivity index (χ3n) is 3.42. The number of alkyl halides is 3. The molecule has 0 aliphatic heterocycles. The Morgan fingerprint density at radius 3 is 2.08 bits per heavy atom. The highest BCUT2D eigenvalue weighted by atomic mass is 19.4. The molecule has 0 spiro atoms. The van der Waals surface area contributed by atoms with Crippen molar-refractivity contribution in [2.24, 2.45) is 5.41 Å². The minimum atomic E-state index is -4.35. The molecular weight excluding hydrogens is 321 g/mol. The van der Waals surface area contributed by atoms with Crippen LogP contribution in [-0.2, 0) is 22.2 Å². The van der Waals surface area contributed by atoms with Gasteiger partial charge < -0.3 is 10.6 Å². The van der Waals surface area contributed by atoms with Crippen LogP contribution in [0, 0.1) is 5.41 Å². The van der Waals surface area contributed by atoms with Gasteiger partial charge in [0.25, 0.3) is 0 Å². The van der Waals surface area contributed by atoms with Crippen LogP contribution in [0.2, 0.25) is 0 Å². The third-order valence-corrected chi connectivity index (χ3v) is 3.42. The van der Waals surface area contributed by atoms with E-state index in [1.54, 1.807) is 27.7 Å². The molecule has 1 aromatic carbocycles. The Kier molecular flexibility index (Phi) is 6.40. The molecule has 1 atom stereocenters. The molecular formula is C17H23F3N2O2. The number of hydrogen-bond donors (Lipinski definition) is 2. The normalized spacial score (nSPS) is 13.3. The van der Waals surface area contributed by atoms with Gasteiger partial charge in [-0.25, -0.2) is 0 Å². The quantitative estimate of drug-likeness (QED) is 0.863. The number of nitrogens with one attached hydrogen (secondary N) is 2. The minimum absolute atomic E-state index is 0.229. The third kappa shape index (κ3) is 6.22. The zero-order valence-corrected chi connectivity index (χ0v) is 14.3. The first-order valence-electron chi connectivity index (χ1n) is 7.66. The molecule has 0 radical (unpaired) electrons. The van der Waals surface area contributed by atoms with Crippen molar-refractivity contribution >= 4 is 11.8 Å². The zero-order chi connectivity index (χ0) is 18.5. The van der Waals surface area contributed by atoms with E-state index < -0.39 is 23.2 Å². The number of carbonyl (C=O) groups is 2. The highest BCUT2D eigenvalue weighted by Gasteiger charge is 2.30. The van der Waals surface area contributed by atoms with E-state index in [2.05, 4.69) is 10.6 Å². The summed E-state index contributed by atoms with van der Waals surface area (Å²) in [5.41, 5.74) is -0.599. The van der Waals surface area contributed by atoms with Crippen LogP contribution in [0.5, 0.6) is 0 Å². The Labute approximate surface area is 139 Å². The number of amides is 2. The Balaban J connectivity index is 2.44. The molecule has 1 aromatic rings. The molecule has 0 bridgehead atoms. The van der Waals surface area contributed by atoms with Crippen molar-refractivity contribution in [1.82, 2.24) is 10.6 Å². The summed E-state index contributed by atoms with van der Waals surface area (Å²) >= 11 is 0. The second-order valence-electron chi connectivity index (χ2n) is 6.68. The molecule has 7 heteroatoms. The smallest absolute Gasteiger partial charge is 0.354 e. The molecule has 4 nitrogen and oxygen atoms in total. The van der Waals surface area contributed by atoms with Gasteiger partial charge in [-0.2, -0.15) is 13.2 Å². The van der Waals surface area contributed by atoms with E-state index in [9.17, 15) is 22.8 Å². The summed E-state index contributed by atoms with van der Waals surface area (Å²) in [5.74, 6) is -0.563. The first-order chi connectivity index (χ1) is 10.9. The Morgan fingerprint density at radius 2 is 1.62 bits per heavy atom. The van der Waals surface area contributed by atoms with Gasteiger partial charge >= 0.3 is 6.18 Å². The van der Waals surface area contributed by atoms with Crippen molar-refractivity contribution in [3.05, 3.63) is 35.4 Å². The van der Waals surface area contributed by atoms with Crippen molar-refractivity contribution in [2.75, 3.05) is 6.54 Å². The maximum Gasteiger partial charge on any atom is 0.416 e. The summed E-state index contributed by atoms with van der Waals surface area (Å²) in [6.07, 6.45) is -3.95. The van der Waals surface area contributed by atoms with Crippen molar-refractivity contribution < 1.29 is 22.8 Å². The first kappa shape index (κ1) is 20.0. The lowest BCUT2D eigenvalue weighted by Crippen LogP contribution is -2.48. The standard InChI is InChI=1S/C17H23F3N2O2/c1-11(22-15(24)16(2,3)4)14(23)21-10-9-12-5-7-13(8-6-12)17(18,19)20/h5-8,11H,9-10H2,1-4H3,(H,21,23)(H,22,24). The second kappa shape index (κ2) is 7.68. The topological polar surface area (TPSA) is 58.2 Å². The summed E-state index contributed by atoms with van der Waals surface area (Å²) in [4.78, 5) is 23.7. The van der Waals surface area contributed by atoms with E-state index in [1.807, 2.05) is 0 Å². The molecule has 24 heavy (non-hydrogen) atoms. The molecule has 0 saturated carbocycles. The highest BCUT2D eigenvalue weighted by Crippen LogP contribution is 2.29. The van der Waals surface area contributed by atoms with E-state index in [4.69, 9.17) is 0 Å². The average Bonchev–Trinajstić information content (AvgIpc) is 2.45. The van der Waals surface area contributed by atoms with E-state index in [0.29, 0.717) is 12.0 Å². The average molecular weight is 344 g/mol. The van der Waals surface area contributed by atoms with Gasteiger partial charge in [0.15, 0.2) is 0 Å². The molecule has 1 unspecified atom stereocenters. The number of halogens is 3. The van der Waals surface area contributed by atoms with Gasteiger partial charge in [0.2, 0.25) is 11.8 Å². The molecule has 0 aromatic heterocycles. The molecule has 2 N–H and O–H groups in total. The van der Waals surface area contributed by atoms with Crippen LogP contribution in [0.4, 0.5) is 13.2 Å². The van der Waals surface area contributed by atoms with Gasteiger partial charge in [-0.3, -0.25) is 9.59 Å². The molecule has 0 aliphatic rings. The van der Waals surface area contributed by atoms with E-state index in [1.165, 1.54) is 12.1 Å². The van der Waals surface area contributed by atoms with Crippen molar-refractivity contribution in [1.29, 1.82) is 0 Å². The number of carbonyl (C=O) groups excluding carboxylic acids is 2. The fraction of sp³-hybridized carbons (Fsp3) is 0.529. The monoisotopic (exact) mass is 344 g/mol. The van der Waals surface area contributed by atoms with Crippen molar-refractivity contribution in [2.45, 2.75) is 46.3 Å². The van der Waals surface area contributed by atoms with Crippen LogP contribution in [-0.4, -0.2) is 24.4 Å². The van der Waals surface area contributed by atoms with E-state index in [0.717, 1.165) is 12.1 Å². The van der Waals surface area contributed by atoms with Crippen LogP contribution in [0.1, 0.15) is 38.8 Å². The largest absolute Gasteiger partial charge is 0.416 e. The molecule has 0 aliphatic carbocycles. The lowest BCUT2D eigenvalue weighted by Gasteiger charge is -2.21. The molecule has 0 fully saturated rings. The van der Waals surface area contributed by atoms with Crippen LogP contribution in [0.3, 0.4) is 0 Å². The Hall–Kier alpha value is -2.05. The predicted octanol–water partition coefficient (Wildman–Crippen LogP) is 2.91. The summed E-state index contributed by atoms with van der Waals surface area (Å²) in [7, 11) is 0. The Bertz CT molecular complexity index is 575. The van der Waals surface area contributed by atoms with Gasteiger partial charge in [-0.15, -0.1) is 0 Å². The molecule has 134 valence electrons. The summed E-state index contributed by atoms with van der Waals surface area (Å²) in [5, 5.41) is 5.27. The number of hydrogen-bond acceptors (Lipinski definition) is 2. The SMILES string of the molecule is CC(NC(=O)C(C)(C)C)C(=O)NCCc1ccc(C(F)(F)F)cc1. The zero-order valence-electron chi connectivity index (χ0n) is 14.3. The maximum absolute atomic E-state index is 12.5. The van der Waals surface area contributed by atoms with E-state index in [-0.39, 0.29) is 18.4 Å². The lowest BCUT2D eigenvalue weighted by molar-refractivity contribution is -0.137. The van der Waals surface area contributed by atoms with Gasteiger partial charge in [-0.05, 0) is 31.0 Å². The van der Waals surface area contributed by atoms with Crippen LogP contribution in [0.25, 0.3) is 0 Å². The van der Waals surface area contributed by atoms with Crippen LogP contribution >= 0.6 is 0 Å². The molecule has 1 rings (SSSR count). The molecule has 0 heterocycles. The van der Waals surface area contributed by atoms with Gasteiger partial charge in [-0.1, -0.05) is 32.9 Å². The number of benzene rings is 1.